The van der Waals surface area contributed by atoms with E-state index in [9.17, 15) is 0 Å². The second-order valence-electron chi connectivity index (χ2n) is 3.26. The van der Waals surface area contributed by atoms with Gasteiger partial charge in [0.05, 0.1) is 9.50 Å². The molecule has 0 fully saturated rings. The Morgan fingerprint density at radius 1 is 1.18 bits per heavy atom. The SMILES string of the molecule is Nc1cc(Br)cc(Oc2ncc(Cl)cc2Br)c1. The van der Waals surface area contributed by atoms with Crippen LogP contribution in [0.4, 0.5) is 5.69 Å². The smallest absolute Gasteiger partial charge is 0.233 e. The summed E-state index contributed by atoms with van der Waals surface area (Å²) in [6.45, 7) is 0. The highest BCUT2D eigenvalue weighted by Crippen LogP contribution is 2.31. The van der Waals surface area contributed by atoms with Crippen molar-refractivity contribution < 1.29 is 4.74 Å². The fourth-order valence-electron chi connectivity index (χ4n) is 1.23. The van der Waals surface area contributed by atoms with E-state index in [1.807, 2.05) is 0 Å². The Labute approximate surface area is 120 Å². The van der Waals surface area contributed by atoms with E-state index in [0.29, 0.717) is 26.8 Å². The number of nitrogens with zero attached hydrogens (tertiary/aromatic N) is 1. The van der Waals surface area contributed by atoms with Gasteiger partial charge in [-0.15, -0.1) is 0 Å². The first-order valence-corrected chi connectivity index (χ1v) is 6.56. The van der Waals surface area contributed by atoms with Gasteiger partial charge in [0.15, 0.2) is 0 Å². The van der Waals surface area contributed by atoms with E-state index in [-0.39, 0.29) is 0 Å². The molecule has 2 N–H and O–H groups in total. The monoisotopic (exact) mass is 376 g/mol. The van der Waals surface area contributed by atoms with Gasteiger partial charge in [-0.2, -0.15) is 0 Å². The maximum absolute atomic E-state index is 5.79. The van der Waals surface area contributed by atoms with Crippen molar-refractivity contribution in [1.29, 1.82) is 0 Å². The maximum atomic E-state index is 5.79. The molecule has 0 aliphatic carbocycles. The summed E-state index contributed by atoms with van der Waals surface area (Å²) in [6.07, 6.45) is 1.52. The summed E-state index contributed by atoms with van der Waals surface area (Å²) in [5.74, 6) is 1.04. The van der Waals surface area contributed by atoms with Crippen LogP contribution in [-0.4, -0.2) is 4.98 Å². The number of hydrogen-bond donors (Lipinski definition) is 1. The molecule has 0 unspecified atom stereocenters. The molecule has 0 atom stereocenters. The molecule has 0 saturated carbocycles. The summed E-state index contributed by atoms with van der Waals surface area (Å²) in [5.41, 5.74) is 6.32. The minimum Gasteiger partial charge on any atom is -0.438 e. The van der Waals surface area contributed by atoms with Crippen molar-refractivity contribution in [3.8, 4) is 11.6 Å². The lowest BCUT2D eigenvalue weighted by Gasteiger charge is -2.07. The van der Waals surface area contributed by atoms with Crippen LogP contribution >= 0.6 is 43.5 Å². The van der Waals surface area contributed by atoms with E-state index in [1.165, 1.54) is 6.20 Å². The zero-order valence-corrected chi connectivity index (χ0v) is 12.4. The topological polar surface area (TPSA) is 48.1 Å². The summed E-state index contributed by atoms with van der Waals surface area (Å²) in [7, 11) is 0. The molecule has 0 saturated heterocycles. The Morgan fingerprint density at radius 2 is 1.94 bits per heavy atom. The van der Waals surface area contributed by atoms with Crippen molar-refractivity contribution >= 4 is 49.1 Å². The minimum absolute atomic E-state index is 0.437. The molecular formula is C11H7Br2ClN2O. The largest absolute Gasteiger partial charge is 0.438 e. The molecule has 0 radical (unpaired) electrons. The highest BCUT2D eigenvalue weighted by Gasteiger charge is 2.06. The first kappa shape index (κ1) is 12.7. The molecule has 6 heteroatoms. The van der Waals surface area contributed by atoms with E-state index < -0.39 is 0 Å². The molecule has 0 amide bonds. The number of anilines is 1. The van der Waals surface area contributed by atoms with Gasteiger partial charge in [-0.1, -0.05) is 27.5 Å². The van der Waals surface area contributed by atoms with Crippen molar-refractivity contribution in [1.82, 2.24) is 4.98 Å². The molecule has 0 bridgehead atoms. The molecule has 88 valence electrons. The number of halogens is 3. The van der Waals surface area contributed by atoms with Gasteiger partial charge in [0.2, 0.25) is 5.88 Å². The Morgan fingerprint density at radius 3 is 2.59 bits per heavy atom. The van der Waals surface area contributed by atoms with E-state index in [4.69, 9.17) is 22.1 Å². The fraction of sp³-hybridized carbons (Fsp3) is 0. The average molecular weight is 378 g/mol. The van der Waals surface area contributed by atoms with Crippen LogP contribution in [0.15, 0.2) is 39.4 Å². The molecule has 3 nitrogen and oxygen atoms in total. The number of aromatic nitrogens is 1. The fourth-order valence-corrected chi connectivity index (χ4v) is 2.44. The van der Waals surface area contributed by atoms with Gasteiger partial charge in [-0.25, -0.2) is 4.98 Å². The molecule has 2 rings (SSSR count). The Bertz CT molecular complexity index is 543. The van der Waals surface area contributed by atoms with Gasteiger partial charge in [-0.05, 0) is 34.1 Å². The number of nitrogen functional groups attached to an aromatic ring is 1. The van der Waals surface area contributed by atoms with Crippen LogP contribution < -0.4 is 10.5 Å². The predicted molar refractivity (Wildman–Crippen MR) is 75.6 cm³/mol. The number of benzene rings is 1. The number of hydrogen-bond acceptors (Lipinski definition) is 3. The van der Waals surface area contributed by atoms with Crippen LogP contribution in [0.1, 0.15) is 0 Å². The van der Waals surface area contributed by atoms with Gasteiger partial charge in [-0.3, -0.25) is 0 Å². The van der Waals surface area contributed by atoms with E-state index in [1.54, 1.807) is 24.3 Å². The predicted octanol–water partition coefficient (Wildman–Crippen LogP) is 4.63. The van der Waals surface area contributed by atoms with Crippen molar-refractivity contribution in [2.45, 2.75) is 0 Å². The number of ether oxygens (including phenoxy) is 1. The molecule has 17 heavy (non-hydrogen) atoms. The lowest BCUT2D eigenvalue weighted by atomic mass is 10.3. The number of rotatable bonds is 2. The Hall–Kier alpha value is -0.780. The summed E-state index contributed by atoms with van der Waals surface area (Å²) in [5, 5.41) is 0.540. The summed E-state index contributed by atoms with van der Waals surface area (Å²) < 4.78 is 7.13. The molecule has 0 aliphatic heterocycles. The third kappa shape index (κ3) is 3.34. The van der Waals surface area contributed by atoms with Crippen molar-refractivity contribution in [2.75, 3.05) is 5.73 Å². The van der Waals surface area contributed by atoms with Gasteiger partial charge in [0.1, 0.15) is 5.75 Å². The van der Waals surface area contributed by atoms with Crippen LogP contribution in [0.5, 0.6) is 11.6 Å². The van der Waals surface area contributed by atoms with E-state index in [2.05, 4.69) is 36.8 Å². The highest BCUT2D eigenvalue weighted by molar-refractivity contribution is 9.10. The van der Waals surface area contributed by atoms with Crippen molar-refractivity contribution in [3.05, 3.63) is 44.4 Å². The third-order valence-electron chi connectivity index (χ3n) is 1.88. The third-order valence-corrected chi connectivity index (χ3v) is 3.11. The molecule has 1 aromatic carbocycles. The standard InChI is InChI=1S/C11H7Br2ClN2O/c12-6-1-8(15)4-9(2-6)17-11-10(13)3-7(14)5-16-11/h1-5H,15H2. The second-order valence-corrected chi connectivity index (χ2v) is 5.47. The second kappa shape index (κ2) is 5.25. The number of pyridine rings is 1. The first-order chi connectivity index (χ1) is 8.04. The Balaban J connectivity index is 2.31. The van der Waals surface area contributed by atoms with Crippen molar-refractivity contribution in [2.24, 2.45) is 0 Å². The highest BCUT2D eigenvalue weighted by atomic mass is 79.9. The minimum atomic E-state index is 0.437. The van der Waals surface area contributed by atoms with Crippen LogP contribution in [-0.2, 0) is 0 Å². The molecular weight excluding hydrogens is 371 g/mol. The molecule has 1 heterocycles. The molecule has 2 aromatic rings. The first-order valence-electron chi connectivity index (χ1n) is 4.59. The quantitative estimate of drug-likeness (QED) is 0.775. The zero-order valence-electron chi connectivity index (χ0n) is 8.45. The number of nitrogens with two attached hydrogens (primary N) is 1. The van der Waals surface area contributed by atoms with Gasteiger partial charge < -0.3 is 10.5 Å². The normalized spacial score (nSPS) is 10.3. The van der Waals surface area contributed by atoms with Crippen LogP contribution in [0.25, 0.3) is 0 Å². The summed E-state index contributed by atoms with van der Waals surface area (Å²) in [4.78, 5) is 4.08. The van der Waals surface area contributed by atoms with Gasteiger partial charge in [0, 0.05) is 22.4 Å². The van der Waals surface area contributed by atoms with E-state index >= 15 is 0 Å². The lowest BCUT2D eigenvalue weighted by Crippen LogP contribution is -1.91. The van der Waals surface area contributed by atoms with E-state index in [0.717, 1.165) is 4.47 Å². The summed E-state index contributed by atoms with van der Waals surface area (Å²) >= 11 is 12.5. The molecule has 1 aromatic heterocycles. The Kier molecular flexibility index (Phi) is 3.91. The van der Waals surface area contributed by atoms with Crippen LogP contribution in [0.3, 0.4) is 0 Å². The van der Waals surface area contributed by atoms with Crippen LogP contribution in [0.2, 0.25) is 5.02 Å². The van der Waals surface area contributed by atoms with Gasteiger partial charge >= 0.3 is 0 Å². The summed E-state index contributed by atoms with van der Waals surface area (Å²) in [6, 6.07) is 7.02. The molecule has 0 aliphatic rings. The van der Waals surface area contributed by atoms with Crippen molar-refractivity contribution in [3.63, 3.8) is 0 Å². The van der Waals surface area contributed by atoms with Crippen LogP contribution in [0, 0.1) is 0 Å². The molecule has 0 spiro atoms. The lowest BCUT2D eigenvalue weighted by molar-refractivity contribution is 0.459. The maximum Gasteiger partial charge on any atom is 0.233 e. The average Bonchev–Trinajstić information content (AvgIpc) is 2.21. The zero-order chi connectivity index (χ0) is 12.4. The van der Waals surface area contributed by atoms with Gasteiger partial charge in [0.25, 0.3) is 0 Å².